The summed E-state index contributed by atoms with van der Waals surface area (Å²) in [5.74, 6) is -0.872. The van der Waals surface area contributed by atoms with Crippen molar-refractivity contribution >= 4 is 17.9 Å². The maximum atomic E-state index is 12.9. The molecular formula is C70H126O6. The van der Waals surface area contributed by atoms with Gasteiger partial charge in [-0.2, -0.15) is 0 Å². The second kappa shape index (κ2) is 64.6. The average Bonchev–Trinajstić information content (AvgIpc) is 3.42. The van der Waals surface area contributed by atoms with Crippen LogP contribution in [-0.2, 0) is 28.6 Å². The van der Waals surface area contributed by atoms with Crippen LogP contribution in [0.3, 0.4) is 0 Å². The number of hydrogen-bond acceptors (Lipinski definition) is 6. The predicted molar refractivity (Wildman–Crippen MR) is 330 cm³/mol. The Morgan fingerprint density at radius 3 is 0.816 bits per heavy atom. The van der Waals surface area contributed by atoms with Crippen LogP contribution in [0.5, 0.6) is 0 Å². The van der Waals surface area contributed by atoms with Gasteiger partial charge in [0, 0.05) is 19.3 Å². The molecule has 0 aliphatic rings. The molecule has 0 aromatic rings. The van der Waals surface area contributed by atoms with E-state index >= 15 is 0 Å². The molecule has 0 radical (unpaired) electrons. The molecule has 0 aromatic carbocycles. The van der Waals surface area contributed by atoms with Crippen LogP contribution < -0.4 is 0 Å². The first-order valence-corrected chi connectivity index (χ1v) is 33.3. The Hall–Kier alpha value is -2.89. The average molecular weight is 1060 g/mol. The molecule has 1 atom stereocenters. The number of unbranched alkanes of at least 4 members (excludes halogenated alkanes) is 40. The zero-order valence-corrected chi connectivity index (χ0v) is 50.8. The first-order chi connectivity index (χ1) is 37.5. The molecule has 0 aromatic heterocycles. The minimum Gasteiger partial charge on any atom is -0.462 e. The summed E-state index contributed by atoms with van der Waals surface area (Å²) < 4.78 is 17.0. The summed E-state index contributed by atoms with van der Waals surface area (Å²) >= 11 is 0. The van der Waals surface area contributed by atoms with E-state index in [0.717, 1.165) is 96.3 Å². The van der Waals surface area contributed by atoms with Gasteiger partial charge >= 0.3 is 17.9 Å². The highest BCUT2D eigenvalue weighted by Crippen LogP contribution is 2.17. The third kappa shape index (κ3) is 62.0. The Morgan fingerprint density at radius 2 is 0.513 bits per heavy atom. The molecule has 0 N–H and O–H groups in total. The minimum atomic E-state index is -0.783. The number of ether oxygens (including phenoxy) is 3. The Bertz CT molecular complexity index is 1360. The summed E-state index contributed by atoms with van der Waals surface area (Å²) in [7, 11) is 0. The molecule has 0 heterocycles. The Labute approximate surface area is 472 Å². The monoisotopic (exact) mass is 1060 g/mol. The molecular weight excluding hydrogens is 937 g/mol. The zero-order chi connectivity index (χ0) is 55.0. The number of esters is 3. The van der Waals surface area contributed by atoms with Gasteiger partial charge in [0.05, 0.1) is 0 Å². The molecule has 442 valence electrons. The molecule has 0 spiro atoms. The topological polar surface area (TPSA) is 78.9 Å². The van der Waals surface area contributed by atoms with E-state index in [1.54, 1.807) is 0 Å². The largest absolute Gasteiger partial charge is 0.462 e. The Balaban J connectivity index is 4.36. The van der Waals surface area contributed by atoms with Crippen LogP contribution in [0, 0.1) is 0 Å². The van der Waals surface area contributed by atoms with E-state index in [1.807, 2.05) is 0 Å². The molecule has 0 rings (SSSR count). The van der Waals surface area contributed by atoms with Gasteiger partial charge in [-0.15, -0.1) is 0 Å². The lowest BCUT2D eigenvalue weighted by Gasteiger charge is -2.18. The van der Waals surface area contributed by atoms with Crippen LogP contribution in [0.1, 0.15) is 348 Å². The summed E-state index contributed by atoms with van der Waals surface area (Å²) in [6, 6.07) is 0. The second-order valence-corrected chi connectivity index (χ2v) is 22.4. The van der Waals surface area contributed by atoms with Crippen LogP contribution in [0.25, 0.3) is 0 Å². The van der Waals surface area contributed by atoms with Crippen LogP contribution in [0.2, 0.25) is 0 Å². The fourth-order valence-corrected chi connectivity index (χ4v) is 9.79. The van der Waals surface area contributed by atoms with Gasteiger partial charge in [-0.1, -0.05) is 306 Å². The molecule has 0 aliphatic heterocycles. The first kappa shape index (κ1) is 73.1. The second-order valence-electron chi connectivity index (χ2n) is 22.4. The number of hydrogen-bond donors (Lipinski definition) is 0. The van der Waals surface area contributed by atoms with E-state index in [4.69, 9.17) is 14.2 Å². The predicted octanol–water partition coefficient (Wildman–Crippen LogP) is 22.7. The van der Waals surface area contributed by atoms with Crippen molar-refractivity contribution in [2.24, 2.45) is 0 Å². The quantitative estimate of drug-likeness (QED) is 0.0261. The van der Waals surface area contributed by atoms with Crippen LogP contribution >= 0.6 is 0 Å². The highest BCUT2D eigenvalue weighted by molar-refractivity contribution is 5.71. The molecule has 0 aliphatic carbocycles. The van der Waals surface area contributed by atoms with Crippen molar-refractivity contribution in [3.63, 3.8) is 0 Å². The lowest BCUT2D eigenvalue weighted by atomic mass is 10.0. The van der Waals surface area contributed by atoms with Crippen LogP contribution in [0.4, 0.5) is 0 Å². The summed E-state index contributed by atoms with van der Waals surface area (Å²) in [5.41, 5.74) is 0. The number of carbonyl (C=O) groups excluding carboxylic acids is 3. The van der Waals surface area contributed by atoms with Crippen molar-refractivity contribution in [3.05, 3.63) is 60.8 Å². The van der Waals surface area contributed by atoms with Crippen molar-refractivity contribution in [2.75, 3.05) is 13.2 Å². The van der Waals surface area contributed by atoms with E-state index in [2.05, 4.69) is 81.5 Å². The van der Waals surface area contributed by atoms with Gasteiger partial charge in [0.1, 0.15) is 13.2 Å². The summed E-state index contributed by atoms with van der Waals surface area (Å²) in [6.07, 6.45) is 82.3. The lowest BCUT2D eigenvalue weighted by molar-refractivity contribution is -0.167. The van der Waals surface area contributed by atoms with Crippen LogP contribution in [0.15, 0.2) is 60.8 Å². The van der Waals surface area contributed by atoms with E-state index in [0.29, 0.717) is 19.3 Å². The van der Waals surface area contributed by atoms with Crippen molar-refractivity contribution in [2.45, 2.75) is 354 Å². The van der Waals surface area contributed by atoms with Gasteiger partial charge in [-0.3, -0.25) is 14.4 Å². The van der Waals surface area contributed by atoms with E-state index in [1.165, 1.54) is 212 Å². The third-order valence-corrected chi connectivity index (χ3v) is 14.8. The normalized spacial score (nSPS) is 12.4. The van der Waals surface area contributed by atoms with Crippen LogP contribution in [-0.4, -0.2) is 37.2 Å². The molecule has 0 fully saturated rings. The van der Waals surface area contributed by atoms with Gasteiger partial charge in [-0.25, -0.2) is 0 Å². The maximum absolute atomic E-state index is 12.9. The van der Waals surface area contributed by atoms with Crippen molar-refractivity contribution in [1.29, 1.82) is 0 Å². The molecule has 0 bridgehead atoms. The fourth-order valence-electron chi connectivity index (χ4n) is 9.79. The van der Waals surface area contributed by atoms with E-state index in [-0.39, 0.29) is 31.1 Å². The maximum Gasteiger partial charge on any atom is 0.306 e. The molecule has 6 heteroatoms. The van der Waals surface area contributed by atoms with Crippen molar-refractivity contribution < 1.29 is 28.6 Å². The zero-order valence-electron chi connectivity index (χ0n) is 50.8. The molecule has 1 unspecified atom stereocenters. The van der Waals surface area contributed by atoms with Gasteiger partial charge in [0.25, 0.3) is 0 Å². The molecule has 0 saturated heterocycles. The SMILES string of the molecule is CC/C=C\C/C=C\C/C=C\C/C=C\CCCCCCCCC(=O)OC(COC(=O)CCCCCCCCCCC/C=C\CCCCCCCCCC)COC(=O)CCCCCCCCCCCCCCCCCCCC. The van der Waals surface area contributed by atoms with Crippen molar-refractivity contribution in [3.8, 4) is 0 Å². The van der Waals surface area contributed by atoms with E-state index in [9.17, 15) is 14.4 Å². The Kier molecular flexibility index (Phi) is 62.2. The third-order valence-electron chi connectivity index (χ3n) is 14.8. The van der Waals surface area contributed by atoms with E-state index < -0.39 is 6.10 Å². The lowest BCUT2D eigenvalue weighted by Crippen LogP contribution is -2.30. The van der Waals surface area contributed by atoms with Crippen molar-refractivity contribution in [1.82, 2.24) is 0 Å². The van der Waals surface area contributed by atoms with Gasteiger partial charge < -0.3 is 14.2 Å². The molecule has 0 saturated carbocycles. The highest BCUT2D eigenvalue weighted by Gasteiger charge is 2.19. The smallest absolute Gasteiger partial charge is 0.306 e. The summed E-state index contributed by atoms with van der Waals surface area (Å²) in [5, 5.41) is 0. The molecule has 0 amide bonds. The van der Waals surface area contributed by atoms with Gasteiger partial charge in [0.2, 0.25) is 0 Å². The Morgan fingerprint density at radius 1 is 0.276 bits per heavy atom. The van der Waals surface area contributed by atoms with Gasteiger partial charge in [-0.05, 0) is 83.5 Å². The standard InChI is InChI=1S/C70H126O6/c1-4-7-10-13-16-19-22-25-28-31-34-35-37-39-42-45-48-51-54-57-60-63-69(72)75-66-67(65-74-68(71)62-59-56-53-50-47-44-41-38-33-30-27-24-21-18-15-12-9-6-3)76-70(73)64-61-58-55-52-49-46-43-40-36-32-29-26-23-20-17-14-11-8-5-2/h8,11,17,20,26,29,31,34,36,40,67H,4-7,9-10,12-16,18-19,21-25,27-28,30,32-33,35,37-39,41-66H2,1-3H3/b11-8-,20-17-,29-26-,34-31-,40-36-. The summed E-state index contributed by atoms with van der Waals surface area (Å²) in [4.78, 5) is 38.4. The number of carbonyl (C=O) groups is 3. The number of rotatable bonds is 61. The van der Waals surface area contributed by atoms with Gasteiger partial charge in [0.15, 0.2) is 6.10 Å². The molecule has 6 nitrogen and oxygen atoms in total. The highest BCUT2D eigenvalue weighted by atomic mass is 16.6. The fraction of sp³-hybridized carbons (Fsp3) is 0.814. The first-order valence-electron chi connectivity index (χ1n) is 33.3. The summed E-state index contributed by atoms with van der Waals surface area (Å²) in [6.45, 7) is 6.57. The molecule has 76 heavy (non-hydrogen) atoms. The number of allylic oxidation sites excluding steroid dienone is 10. The minimum absolute atomic E-state index is 0.0771.